The van der Waals surface area contributed by atoms with E-state index in [1.165, 1.54) is 12.8 Å². The lowest BCUT2D eigenvalue weighted by Crippen LogP contribution is -2.45. The van der Waals surface area contributed by atoms with Gasteiger partial charge in [-0.25, -0.2) is 4.79 Å². The molecule has 0 radical (unpaired) electrons. The second-order valence-corrected chi connectivity index (χ2v) is 6.00. The molecule has 0 atom stereocenters. The van der Waals surface area contributed by atoms with Gasteiger partial charge in [0.05, 0.1) is 6.20 Å². The minimum Gasteiger partial charge on any atom is -0.477 e. The zero-order valence-electron chi connectivity index (χ0n) is 11.6. The van der Waals surface area contributed by atoms with E-state index >= 15 is 0 Å². The first-order valence-corrected chi connectivity index (χ1v) is 7.24. The average Bonchev–Trinajstić information content (AvgIpc) is 2.88. The van der Waals surface area contributed by atoms with Crippen molar-refractivity contribution in [1.82, 2.24) is 15.1 Å². The maximum Gasteiger partial charge on any atom is 0.354 e. The number of nitrogens with zero attached hydrogens (tertiary/aromatic N) is 2. The van der Waals surface area contributed by atoms with Crippen LogP contribution in [0.25, 0.3) is 0 Å². The molecule has 0 amide bonds. The molecule has 2 fully saturated rings. The van der Waals surface area contributed by atoms with Crippen molar-refractivity contribution in [2.24, 2.45) is 5.41 Å². The average molecular weight is 279 g/mol. The third-order valence-electron chi connectivity index (χ3n) is 4.62. The van der Waals surface area contributed by atoms with Crippen molar-refractivity contribution in [2.45, 2.75) is 32.2 Å². The maximum absolute atomic E-state index is 11.1. The number of piperidine rings is 1. The van der Waals surface area contributed by atoms with Crippen LogP contribution in [-0.4, -0.2) is 52.5 Å². The molecular formula is C14H21N3O3. The SMILES string of the molecule is O=C(O)c1[nH]ncc1CN1CCCC2(CCOCC2)C1. The van der Waals surface area contributed by atoms with Crippen LogP contribution in [-0.2, 0) is 11.3 Å². The number of carboxylic acid groups (broad SMARTS) is 1. The van der Waals surface area contributed by atoms with Crippen LogP contribution in [0.4, 0.5) is 0 Å². The van der Waals surface area contributed by atoms with Gasteiger partial charge in [0.15, 0.2) is 0 Å². The smallest absolute Gasteiger partial charge is 0.354 e. The molecule has 3 heterocycles. The van der Waals surface area contributed by atoms with Crippen LogP contribution in [0.5, 0.6) is 0 Å². The van der Waals surface area contributed by atoms with Gasteiger partial charge in [-0.2, -0.15) is 5.10 Å². The van der Waals surface area contributed by atoms with Crippen molar-refractivity contribution in [3.8, 4) is 0 Å². The number of carbonyl (C=O) groups is 1. The van der Waals surface area contributed by atoms with E-state index in [1.54, 1.807) is 6.20 Å². The molecule has 110 valence electrons. The predicted molar refractivity (Wildman–Crippen MR) is 72.5 cm³/mol. The summed E-state index contributed by atoms with van der Waals surface area (Å²) >= 11 is 0. The normalized spacial score (nSPS) is 23.0. The third kappa shape index (κ3) is 2.71. The lowest BCUT2D eigenvalue weighted by Gasteiger charge is -2.45. The minimum atomic E-state index is -0.935. The molecule has 2 aliphatic heterocycles. The molecule has 0 bridgehead atoms. The number of aromatic nitrogens is 2. The zero-order chi connectivity index (χ0) is 14.0. The van der Waals surface area contributed by atoms with Crippen LogP contribution in [0.15, 0.2) is 6.20 Å². The van der Waals surface area contributed by atoms with Gasteiger partial charge in [0.25, 0.3) is 0 Å². The van der Waals surface area contributed by atoms with Crippen LogP contribution in [0.3, 0.4) is 0 Å². The van der Waals surface area contributed by atoms with Gasteiger partial charge in [0.2, 0.25) is 0 Å². The zero-order valence-corrected chi connectivity index (χ0v) is 11.6. The Labute approximate surface area is 118 Å². The van der Waals surface area contributed by atoms with E-state index in [2.05, 4.69) is 15.1 Å². The molecule has 2 aliphatic rings. The monoisotopic (exact) mass is 279 g/mol. The summed E-state index contributed by atoms with van der Waals surface area (Å²) in [6.07, 6.45) is 6.33. The lowest BCUT2D eigenvalue weighted by molar-refractivity contribution is -0.0291. The number of hydrogen-bond acceptors (Lipinski definition) is 4. The number of H-pyrrole nitrogens is 1. The van der Waals surface area contributed by atoms with Gasteiger partial charge in [-0.1, -0.05) is 0 Å². The van der Waals surface area contributed by atoms with Gasteiger partial charge >= 0.3 is 5.97 Å². The van der Waals surface area contributed by atoms with Gasteiger partial charge in [-0.15, -0.1) is 0 Å². The highest BCUT2D eigenvalue weighted by Crippen LogP contribution is 2.39. The standard InChI is InChI=1S/C14H21N3O3/c18-13(19)12-11(8-15-16-12)9-17-5-1-2-14(10-17)3-6-20-7-4-14/h8H,1-7,9-10H2,(H,15,16)(H,18,19). The van der Waals surface area contributed by atoms with Gasteiger partial charge in [-0.05, 0) is 37.6 Å². The number of aromatic amines is 1. The highest BCUT2D eigenvalue weighted by molar-refractivity contribution is 5.86. The number of ether oxygens (including phenoxy) is 1. The Hall–Kier alpha value is -1.40. The Morgan fingerprint density at radius 2 is 2.25 bits per heavy atom. The second kappa shape index (κ2) is 5.54. The number of hydrogen-bond donors (Lipinski definition) is 2. The fraction of sp³-hybridized carbons (Fsp3) is 0.714. The topological polar surface area (TPSA) is 78.4 Å². The Morgan fingerprint density at radius 3 is 3.00 bits per heavy atom. The molecule has 6 nitrogen and oxygen atoms in total. The number of carboxylic acids is 1. The van der Waals surface area contributed by atoms with Crippen LogP contribution >= 0.6 is 0 Å². The first kappa shape index (κ1) is 13.6. The van der Waals surface area contributed by atoms with Gasteiger partial charge in [0, 0.05) is 31.9 Å². The largest absolute Gasteiger partial charge is 0.477 e. The first-order chi connectivity index (χ1) is 9.69. The van der Waals surface area contributed by atoms with Crippen molar-refractivity contribution in [3.05, 3.63) is 17.5 Å². The van der Waals surface area contributed by atoms with Gasteiger partial charge in [0.1, 0.15) is 5.69 Å². The van der Waals surface area contributed by atoms with E-state index in [-0.39, 0.29) is 5.69 Å². The highest BCUT2D eigenvalue weighted by Gasteiger charge is 2.37. The summed E-state index contributed by atoms with van der Waals surface area (Å²) in [6.45, 7) is 4.47. The van der Waals surface area contributed by atoms with E-state index in [1.807, 2.05) is 0 Å². The van der Waals surface area contributed by atoms with Crippen molar-refractivity contribution in [3.63, 3.8) is 0 Å². The summed E-state index contributed by atoms with van der Waals surface area (Å²) in [7, 11) is 0. The summed E-state index contributed by atoms with van der Waals surface area (Å²) in [5.41, 5.74) is 1.38. The molecule has 1 aromatic heterocycles. The number of aromatic carboxylic acids is 1. The summed E-state index contributed by atoms with van der Waals surface area (Å²) in [4.78, 5) is 13.5. The summed E-state index contributed by atoms with van der Waals surface area (Å²) in [5, 5.41) is 15.5. The minimum absolute atomic E-state index is 0.219. The number of likely N-dealkylation sites (tertiary alicyclic amines) is 1. The van der Waals surface area contributed by atoms with E-state index in [0.29, 0.717) is 12.0 Å². The quantitative estimate of drug-likeness (QED) is 0.876. The highest BCUT2D eigenvalue weighted by atomic mass is 16.5. The molecular weight excluding hydrogens is 258 g/mol. The van der Waals surface area contributed by atoms with Crippen molar-refractivity contribution in [1.29, 1.82) is 0 Å². The Kier molecular flexibility index (Phi) is 3.76. The third-order valence-corrected chi connectivity index (χ3v) is 4.62. The van der Waals surface area contributed by atoms with Crippen LogP contribution in [0, 0.1) is 5.41 Å². The molecule has 0 saturated carbocycles. The van der Waals surface area contributed by atoms with E-state index in [9.17, 15) is 4.79 Å². The lowest BCUT2D eigenvalue weighted by atomic mass is 9.74. The molecule has 20 heavy (non-hydrogen) atoms. The fourth-order valence-electron chi connectivity index (χ4n) is 3.51. The molecule has 3 rings (SSSR count). The Bertz CT molecular complexity index is 474. The molecule has 6 heteroatoms. The molecule has 0 aromatic carbocycles. The van der Waals surface area contributed by atoms with Crippen LogP contribution in [0.2, 0.25) is 0 Å². The number of nitrogens with one attached hydrogen (secondary N) is 1. The Morgan fingerprint density at radius 1 is 1.45 bits per heavy atom. The van der Waals surface area contributed by atoms with E-state index < -0.39 is 5.97 Å². The van der Waals surface area contributed by atoms with E-state index in [4.69, 9.17) is 9.84 Å². The fourth-order valence-corrected chi connectivity index (χ4v) is 3.51. The maximum atomic E-state index is 11.1. The van der Waals surface area contributed by atoms with Crippen molar-refractivity contribution < 1.29 is 14.6 Å². The van der Waals surface area contributed by atoms with Gasteiger partial charge < -0.3 is 9.84 Å². The second-order valence-electron chi connectivity index (χ2n) is 6.00. The van der Waals surface area contributed by atoms with Gasteiger partial charge in [-0.3, -0.25) is 10.00 Å². The van der Waals surface area contributed by atoms with Crippen LogP contribution in [0.1, 0.15) is 41.7 Å². The van der Waals surface area contributed by atoms with E-state index in [0.717, 1.165) is 44.7 Å². The summed E-state index contributed by atoms with van der Waals surface area (Å²) < 4.78 is 5.48. The molecule has 2 saturated heterocycles. The molecule has 1 aromatic rings. The molecule has 0 aliphatic carbocycles. The number of rotatable bonds is 3. The Balaban J connectivity index is 1.68. The van der Waals surface area contributed by atoms with Crippen molar-refractivity contribution >= 4 is 5.97 Å². The first-order valence-electron chi connectivity index (χ1n) is 7.24. The predicted octanol–water partition coefficient (Wildman–Crippen LogP) is 1.50. The van der Waals surface area contributed by atoms with Crippen LogP contribution < -0.4 is 0 Å². The molecule has 0 unspecified atom stereocenters. The molecule has 1 spiro atoms. The summed E-state index contributed by atoms with van der Waals surface area (Å²) in [5.74, 6) is -0.935. The molecule has 2 N–H and O–H groups in total. The summed E-state index contributed by atoms with van der Waals surface area (Å²) in [6, 6.07) is 0. The van der Waals surface area contributed by atoms with Crippen molar-refractivity contribution in [2.75, 3.05) is 26.3 Å².